The van der Waals surface area contributed by atoms with E-state index in [1.807, 2.05) is 36.1 Å². The summed E-state index contributed by atoms with van der Waals surface area (Å²) in [7, 11) is 0. The summed E-state index contributed by atoms with van der Waals surface area (Å²) in [5.74, 6) is 0.224. The van der Waals surface area contributed by atoms with Gasteiger partial charge in [-0.2, -0.15) is 4.98 Å². The number of carboxylic acid groups (broad SMARTS) is 1. The maximum Gasteiger partial charge on any atom is 0.305 e. The van der Waals surface area contributed by atoms with Gasteiger partial charge >= 0.3 is 5.97 Å². The minimum absolute atomic E-state index is 0.0602. The third kappa shape index (κ3) is 3.81. The molecule has 0 bridgehead atoms. The van der Waals surface area contributed by atoms with Crippen LogP contribution < -0.4 is 4.90 Å². The summed E-state index contributed by atoms with van der Waals surface area (Å²) in [6, 6.07) is 7.91. The standard InChI is InChI=1S/C14H17N3O3/c1-10-3-5-12(6-4-10)17(8-7-14(18)19)9-13-15-11(2)20-16-13/h3-6H,7-9H2,1-2H3,(H,18,19). The van der Waals surface area contributed by atoms with Crippen LogP contribution in [0.1, 0.15) is 23.7 Å². The number of hydrogen-bond acceptors (Lipinski definition) is 5. The Kier molecular flexibility index (Phi) is 4.34. The number of anilines is 1. The molecule has 2 aromatic rings. The van der Waals surface area contributed by atoms with Crippen molar-refractivity contribution >= 4 is 11.7 Å². The minimum atomic E-state index is -0.827. The molecule has 1 aromatic carbocycles. The highest BCUT2D eigenvalue weighted by Crippen LogP contribution is 2.17. The molecule has 0 aliphatic heterocycles. The maximum absolute atomic E-state index is 10.8. The molecule has 0 aliphatic rings. The van der Waals surface area contributed by atoms with E-state index in [9.17, 15) is 4.79 Å². The normalized spacial score (nSPS) is 10.5. The minimum Gasteiger partial charge on any atom is -0.481 e. The summed E-state index contributed by atoms with van der Waals surface area (Å²) in [5, 5.41) is 12.7. The number of aryl methyl sites for hydroxylation is 2. The van der Waals surface area contributed by atoms with E-state index >= 15 is 0 Å². The first-order valence-corrected chi connectivity index (χ1v) is 6.37. The second kappa shape index (κ2) is 6.18. The highest BCUT2D eigenvalue weighted by atomic mass is 16.5. The first-order chi connectivity index (χ1) is 9.54. The largest absolute Gasteiger partial charge is 0.481 e. The van der Waals surface area contributed by atoms with Gasteiger partial charge in [0.25, 0.3) is 0 Å². The Morgan fingerprint density at radius 3 is 2.55 bits per heavy atom. The molecule has 0 unspecified atom stereocenters. The number of aliphatic carboxylic acids is 1. The molecule has 106 valence electrons. The third-order valence-electron chi connectivity index (χ3n) is 2.90. The first kappa shape index (κ1) is 14.0. The number of aromatic nitrogens is 2. The number of hydrogen-bond donors (Lipinski definition) is 1. The van der Waals surface area contributed by atoms with Gasteiger partial charge in [-0.25, -0.2) is 0 Å². The first-order valence-electron chi connectivity index (χ1n) is 6.37. The Bertz CT molecular complexity index is 578. The smallest absolute Gasteiger partial charge is 0.305 e. The molecule has 0 atom stereocenters. The molecule has 2 rings (SSSR count). The molecule has 1 heterocycles. The Morgan fingerprint density at radius 1 is 1.30 bits per heavy atom. The summed E-state index contributed by atoms with van der Waals surface area (Å²) in [6.07, 6.45) is 0.0602. The zero-order valence-corrected chi connectivity index (χ0v) is 11.5. The molecule has 0 saturated carbocycles. The lowest BCUT2D eigenvalue weighted by molar-refractivity contribution is -0.136. The van der Waals surface area contributed by atoms with Crippen molar-refractivity contribution in [3.05, 3.63) is 41.5 Å². The highest BCUT2D eigenvalue weighted by Gasteiger charge is 2.12. The second-order valence-corrected chi connectivity index (χ2v) is 4.63. The fourth-order valence-corrected chi connectivity index (χ4v) is 1.86. The Labute approximate surface area is 117 Å². The molecule has 1 aromatic heterocycles. The quantitative estimate of drug-likeness (QED) is 0.870. The van der Waals surface area contributed by atoms with E-state index in [1.165, 1.54) is 0 Å². The molecule has 6 heteroatoms. The third-order valence-corrected chi connectivity index (χ3v) is 2.90. The summed E-state index contributed by atoms with van der Waals surface area (Å²) >= 11 is 0. The lowest BCUT2D eigenvalue weighted by Crippen LogP contribution is -2.26. The Balaban J connectivity index is 2.15. The molecule has 0 radical (unpaired) electrons. The number of nitrogens with zero attached hydrogens (tertiary/aromatic N) is 3. The van der Waals surface area contributed by atoms with Crippen LogP contribution in [0.15, 0.2) is 28.8 Å². The molecular formula is C14H17N3O3. The zero-order valence-electron chi connectivity index (χ0n) is 11.5. The second-order valence-electron chi connectivity index (χ2n) is 4.63. The van der Waals surface area contributed by atoms with Crippen LogP contribution in [0.3, 0.4) is 0 Å². The van der Waals surface area contributed by atoms with E-state index in [-0.39, 0.29) is 6.42 Å². The van der Waals surface area contributed by atoms with Crippen molar-refractivity contribution in [1.29, 1.82) is 0 Å². The van der Waals surface area contributed by atoms with Gasteiger partial charge in [0.2, 0.25) is 5.89 Å². The zero-order chi connectivity index (χ0) is 14.5. The van der Waals surface area contributed by atoms with Crippen LogP contribution in [0.2, 0.25) is 0 Å². The lowest BCUT2D eigenvalue weighted by atomic mass is 10.2. The average molecular weight is 275 g/mol. The molecule has 6 nitrogen and oxygen atoms in total. The molecule has 20 heavy (non-hydrogen) atoms. The molecule has 0 aliphatic carbocycles. The van der Waals surface area contributed by atoms with Gasteiger partial charge < -0.3 is 14.5 Å². The predicted octanol–water partition coefficient (Wildman–Crippen LogP) is 2.17. The van der Waals surface area contributed by atoms with Crippen LogP contribution >= 0.6 is 0 Å². The van der Waals surface area contributed by atoms with E-state index < -0.39 is 5.97 Å². The predicted molar refractivity (Wildman–Crippen MR) is 73.5 cm³/mol. The Morgan fingerprint density at radius 2 is 2.00 bits per heavy atom. The van der Waals surface area contributed by atoms with Gasteiger partial charge in [0.05, 0.1) is 13.0 Å². The number of benzene rings is 1. The van der Waals surface area contributed by atoms with Crippen molar-refractivity contribution in [1.82, 2.24) is 10.1 Å². The molecular weight excluding hydrogens is 258 g/mol. The Hall–Kier alpha value is -2.37. The fraction of sp³-hybridized carbons (Fsp3) is 0.357. The van der Waals surface area contributed by atoms with E-state index in [1.54, 1.807) is 6.92 Å². The van der Waals surface area contributed by atoms with Crippen LogP contribution in [0.25, 0.3) is 0 Å². The highest BCUT2D eigenvalue weighted by molar-refractivity contribution is 5.67. The van der Waals surface area contributed by atoms with Gasteiger partial charge in [-0.15, -0.1) is 0 Å². The summed E-state index contributed by atoms with van der Waals surface area (Å²) in [5.41, 5.74) is 2.10. The lowest BCUT2D eigenvalue weighted by Gasteiger charge is -2.22. The SMILES string of the molecule is Cc1ccc(N(CCC(=O)O)Cc2noc(C)n2)cc1. The van der Waals surface area contributed by atoms with E-state index in [0.29, 0.717) is 24.8 Å². The topological polar surface area (TPSA) is 79.5 Å². The van der Waals surface area contributed by atoms with Gasteiger partial charge in [0.1, 0.15) is 0 Å². The van der Waals surface area contributed by atoms with E-state index in [0.717, 1.165) is 11.3 Å². The van der Waals surface area contributed by atoms with Crippen LogP contribution in [-0.4, -0.2) is 27.8 Å². The summed E-state index contributed by atoms with van der Waals surface area (Å²) in [4.78, 5) is 16.9. The van der Waals surface area contributed by atoms with Crippen molar-refractivity contribution in [2.45, 2.75) is 26.8 Å². The van der Waals surface area contributed by atoms with Crippen molar-refractivity contribution < 1.29 is 14.4 Å². The number of carbonyl (C=O) groups is 1. The molecule has 0 spiro atoms. The van der Waals surface area contributed by atoms with Gasteiger partial charge in [0.15, 0.2) is 5.82 Å². The molecule has 1 N–H and O–H groups in total. The summed E-state index contributed by atoms with van der Waals surface area (Å²) in [6.45, 7) is 4.55. The van der Waals surface area contributed by atoms with Gasteiger partial charge in [-0.1, -0.05) is 22.9 Å². The van der Waals surface area contributed by atoms with Gasteiger partial charge in [-0.05, 0) is 19.1 Å². The van der Waals surface area contributed by atoms with Crippen molar-refractivity contribution in [2.75, 3.05) is 11.4 Å². The van der Waals surface area contributed by atoms with Crippen molar-refractivity contribution in [2.24, 2.45) is 0 Å². The molecule has 0 fully saturated rings. The van der Waals surface area contributed by atoms with Gasteiger partial charge in [-0.3, -0.25) is 4.79 Å². The van der Waals surface area contributed by atoms with Crippen molar-refractivity contribution in [3.8, 4) is 0 Å². The van der Waals surface area contributed by atoms with Gasteiger partial charge in [0, 0.05) is 19.2 Å². The van der Waals surface area contributed by atoms with Crippen LogP contribution in [0, 0.1) is 13.8 Å². The van der Waals surface area contributed by atoms with Crippen LogP contribution in [0.5, 0.6) is 0 Å². The average Bonchev–Trinajstić information content (AvgIpc) is 2.81. The van der Waals surface area contributed by atoms with E-state index in [2.05, 4.69) is 10.1 Å². The summed E-state index contributed by atoms with van der Waals surface area (Å²) < 4.78 is 4.94. The monoisotopic (exact) mass is 275 g/mol. The maximum atomic E-state index is 10.8. The van der Waals surface area contributed by atoms with Crippen LogP contribution in [0.4, 0.5) is 5.69 Å². The molecule has 0 amide bonds. The van der Waals surface area contributed by atoms with E-state index in [4.69, 9.17) is 9.63 Å². The van der Waals surface area contributed by atoms with Crippen molar-refractivity contribution in [3.63, 3.8) is 0 Å². The number of carboxylic acids is 1. The van der Waals surface area contributed by atoms with Crippen LogP contribution in [-0.2, 0) is 11.3 Å². The molecule has 0 saturated heterocycles. The number of rotatable bonds is 6. The fourth-order valence-electron chi connectivity index (χ4n) is 1.86.